The van der Waals surface area contributed by atoms with Crippen LogP contribution in [0.2, 0.25) is 5.02 Å². The maximum Gasteiger partial charge on any atom is 0.255 e. The number of nitrogens with one attached hydrogen (secondary N) is 2. The molecule has 0 aliphatic carbocycles. The third kappa shape index (κ3) is 3.89. The standard InChI is InChI=1S/C28H21ClN6O/c1-17-24(27(36)32-21-8-5-15-30-16-21)25(19-11-13-20(29)14-12-19)35-28(31-17)33-26(34-35)23-10-4-7-18-6-2-3-9-22(18)23/h2-16,25H,1H3,(H,32,36)(H,31,33,34). The smallest absolute Gasteiger partial charge is 0.255 e. The summed E-state index contributed by atoms with van der Waals surface area (Å²) in [5, 5.41) is 13.9. The number of pyridine rings is 1. The van der Waals surface area contributed by atoms with Crippen LogP contribution in [0, 0.1) is 0 Å². The van der Waals surface area contributed by atoms with Crippen LogP contribution in [0.5, 0.6) is 0 Å². The number of rotatable bonds is 4. The van der Waals surface area contributed by atoms with E-state index in [0.717, 1.165) is 21.9 Å². The van der Waals surface area contributed by atoms with Crippen molar-refractivity contribution in [1.29, 1.82) is 0 Å². The Morgan fingerprint density at radius 3 is 2.61 bits per heavy atom. The van der Waals surface area contributed by atoms with Crippen LogP contribution in [0.25, 0.3) is 22.2 Å². The zero-order chi connectivity index (χ0) is 24.6. The van der Waals surface area contributed by atoms with Gasteiger partial charge in [0.05, 0.1) is 17.5 Å². The van der Waals surface area contributed by atoms with Crippen LogP contribution >= 0.6 is 11.6 Å². The van der Waals surface area contributed by atoms with E-state index in [9.17, 15) is 4.79 Å². The number of hydrogen-bond donors (Lipinski definition) is 2. The summed E-state index contributed by atoms with van der Waals surface area (Å²) >= 11 is 6.18. The topological polar surface area (TPSA) is 84.7 Å². The number of anilines is 2. The highest BCUT2D eigenvalue weighted by Crippen LogP contribution is 2.38. The molecular formula is C28H21ClN6O. The van der Waals surface area contributed by atoms with Crippen LogP contribution in [0.3, 0.4) is 0 Å². The zero-order valence-electron chi connectivity index (χ0n) is 19.3. The van der Waals surface area contributed by atoms with Crippen molar-refractivity contribution >= 4 is 39.9 Å². The zero-order valence-corrected chi connectivity index (χ0v) is 20.1. The minimum absolute atomic E-state index is 0.249. The van der Waals surface area contributed by atoms with Gasteiger partial charge in [0.25, 0.3) is 5.91 Å². The van der Waals surface area contributed by atoms with E-state index in [1.165, 1.54) is 0 Å². The highest BCUT2D eigenvalue weighted by Gasteiger charge is 2.34. The highest BCUT2D eigenvalue weighted by atomic mass is 35.5. The van der Waals surface area contributed by atoms with Crippen molar-refractivity contribution in [3.63, 3.8) is 0 Å². The summed E-state index contributed by atoms with van der Waals surface area (Å²) in [6.45, 7) is 1.87. The van der Waals surface area contributed by atoms with Gasteiger partial charge in [-0.1, -0.05) is 66.2 Å². The second kappa shape index (κ2) is 8.94. The van der Waals surface area contributed by atoms with E-state index in [1.807, 2.05) is 55.5 Å². The molecule has 1 aliphatic rings. The molecule has 7 nitrogen and oxygen atoms in total. The maximum absolute atomic E-state index is 13.6. The van der Waals surface area contributed by atoms with Gasteiger partial charge in [0.2, 0.25) is 5.95 Å². The molecule has 0 spiro atoms. The third-order valence-electron chi connectivity index (χ3n) is 6.23. The van der Waals surface area contributed by atoms with Gasteiger partial charge in [-0.2, -0.15) is 4.98 Å². The molecule has 0 saturated carbocycles. The molecule has 6 rings (SSSR count). The molecule has 3 heterocycles. The highest BCUT2D eigenvalue weighted by molar-refractivity contribution is 6.30. The van der Waals surface area contributed by atoms with Crippen LogP contribution < -0.4 is 10.6 Å². The average Bonchev–Trinajstić information content (AvgIpc) is 3.32. The average molecular weight is 493 g/mol. The summed E-state index contributed by atoms with van der Waals surface area (Å²) in [5.74, 6) is 0.893. The Labute approximate surface area is 212 Å². The van der Waals surface area contributed by atoms with Gasteiger partial charge in [0, 0.05) is 22.5 Å². The lowest BCUT2D eigenvalue weighted by Gasteiger charge is -2.28. The van der Waals surface area contributed by atoms with Crippen molar-refractivity contribution in [3.05, 3.63) is 113 Å². The van der Waals surface area contributed by atoms with Gasteiger partial charge in [-0.3, -0.25) is 9.78 Å². The number of fused-ring (bicyclic) bond motifs is 2. The van der Waals surface area contributed by atoms with Gasteiger partial charge in [-0.25, -0.2) is 4.68 Å². The fourth-order valence-corrected chi connectivity index (χ4v) is 4.69. The van der Waals surface area contributed by atoms with Gasteiger partial charge in [-0.05, 0) is 47.5 Å². The number of amides is 1. The molecule has 2 N–H and O–H groups in total. The van der Waals surface area contributed by atoms with Crippen LogP contribution in [0.15, 0.2) is 103 Å². The van der Waals surface area contributed by atoms with Crippen molar-refractivity contribution < 1.29 is 4.79 Å². The van der Waals surface area contributed by atoms with Gasteiger partial charge in [0.15, 0.2) is 5.82 Å². The summed E-state index contributed by atoms with van der Waals surface area (Å²) in [7, 11) is 0. The summed E-state index contributed by atoms with van der Waals surface area (Å²) in [6.07, 6.45) is 3.27. The summed E-state index contributed by atoms with van der Waals surface area (Å²) < 4.78 is 1.77. The van der Waals surface area contributed by atoms with Gasteiger partial charge >= 0.3 is 0 Å². The first kappa shape index (κ1) is 22.0. The van der Waals surface area contributed by atoms with Crippen LogP contribution in [-0.2, 0) is 4.79 Å². The molecule has 176 valence electrons. The number of carbonyl (C=O) groups excluding carboxylic acids is 1. The minimum Gasteiger partial charge on any atom is -0.328 e. The first-order chi connectivity index (χ1) is 17.6. The Morgan fingerprint density at radius 2 is 1.81 bits per heavy atom. The normalized spacial score (nSPS) is 14.9. The molecule has 0 saturated heterocycles. The van der Waals surface area contributed by atoms with E-state index in [-0.39, 0.29) is 5.91 Å². The van der Waals surface area contributed by atoms with E-state index in [2.05, 4.69) is 33.8 Å². The molecule has 1 unspecified atom stereocenters. The van der Waals surface area contributed by atoms with Crippen molar-refractivity contribution in [3.8, 4) is 11.4 Å². The number of carbonyl (C=O) groups is 1. The van der Waals surface area contributed by atoms with E-state index in [0.29, 0.717) is 33.8 Å². The molecule has 0 bridgehead atoms. The number of aromatic nitrogens is 4. The summed E-state index contributed by atoms with van der Waals surface area (Å²) in [4.78, 5) is 22.5. The van der Waals surface area contributed by atoms with E-state index < -0.39 is 6.04 Å². The van der Waals surface area contributed by atoms with Crippen LogP contribution in [0.4, 0.5) is 11.6 Å². The second-order valence-electron chi connectivity index (χ2n) is 8.54. The fraction of sp³-hybridized carbons (Fsp3) is 0.0714. The number of hydrogen-bond acceptors (Lipinski definition) is 5. The number of allylic oxidation sites excluding steroid dienone is 1. The molecule has 1 atom stereocenters. The first-order valence-corrected chi connectivity index (χ1v) is 11.9. The second-order valence-corrected chi connectivity index (χ2v) is 8.98. The molecule has 36 heavy (non-hydrogen) atoms. The van der Waals surface area contributed by atoms with Crippen molar-refractivity contribution in [1.82, 2.24) is 19.7 Å². The van der Waals surface area contributed by atoms with Crippen LogP contribution in [0.1, 0.15) is 18.5 Å². The molecule has 2 aromatic heterocycles. The Bertz CT molecular complexity index is 1620. The lowest BCUT2D eigenvalue weighted by molar-refractivity contribution is -0.113. The number of benzene rings is 3. The Balaban J connectivity index is 1.48. The molecule has 0 fully saturated rings. The van der Waals surface area contributed by atoms with Gasteiger partial charge in [0.1, 0.15) is 6.04 Å². The molecule has 8 heteroatoms. The number of halogens is 1. The SMILES string of the molecule is CC1=C(C(=O)Nc2cccnc2)C(c2ccc(Cl)cc2)n2nc(-c3cccc4ccccc34)nc2N1. The predicted octanol–water partition coefficient (Wildman–Crippen LogP) is 6.07. The van der Waals surface area contributed by atoms with Crippen LogP contribution in [-0.4, -0.2) is 25.7 Å². The fourth-order valence-electron chi connectivity index (χ4n) is 4.57. The van der Waals surface area contributed by atoms with Crippen molar-refractivity contribution in [2.75, 3.05) is 10.6 Å². The Kier molecular flexibility index (Phi) is 5.47. The number of nitrogens with zero attached hydrogens (tertiary/aromatic N) is 4. The van der Waals surface area contributed by atoms with E-state index in [1.54, 1.807) is 29.2 Å². The Hall–Kier alpha value is -4.49. The molecule has 1 aliphatic heterocycles. The third-order valence-corrected chi connectivity index (χ3v) is 6.48. The minimum atomic E-state index is -0.508. The lowest BCUT2D eigenvalue weighted by Crippen LogP contribution is -2.31. The molecule has 0 radical (unpaired) electrons. The summed E-state index contributed by atoms with van der Waals surface area (Å²) in [5.41, 5.74) is 3.63. The largest absolute Gasteiger partial charge is 0.328 e. The van der Waals surface area contributed by atoms with Crippen molar-refractivity contribution in [2.24, 2.45) is 0 Å². The van der Waals surface area contributed by atoms with Gasteiger partial charge in [-0.15, -0.1) is 5.10 Å². The molecule has 5 aromatic rings. The Morgan fingerprint density at radius 1 is 1.00 bits per heavy atom. The predicted molar refractivity (Wildman–Crippen MR) is 142 cm³/mol. The maximum atomic E-state index is 13.6. The molecular weight excluding hydrogens is 472 g/mol. The van der Waals surface area contributed by atoms with Gasteiger partial charge < -0.3 is 10.6 Å². The molecule has 3 aromatic carbocycles. The lowest BCUT2D eigenvalue weighted by atomic mass is 9.95. The van der Waals surface area contributed by atoms with E-state index in [4.69, 9.17) is 21.7 Å². The summed E-state index contributed by atoms with van der Waals surface area (Å²) in [6, 6.07) is 24.7. The van der Waals surface area contributed by atoms with Crippen molar-refractivity contribution in [2.45, 2.75) is 13.0 Å². The first-order valence-electron chi connectivity index (χ1n) is 11.5. The quantitative estimate of drug-likeness (QED) is 0.318. The molecule has 1 amide bonds. The monoisotopic (exact) mass is 492 g/mol. The van der Waals surface area contributed by atoms with E-state index >= 15 is 0 Å².